The minimum Gasteiger partial charge on any atom is -0.478 e. The van der Waals surface area contributed by atoms with Crippen molar-refractivity contribution in [2.24, 2.45) is 5.11 Å². The lowest BCUT2D eigenvalue weighted by atomic mass is 10.1. The van der Waals surface area contributed by atoms with Gasteiger partial charge in [-0.3, -0.25) is 0 Å². The predicted octanol–water partition coefficient (Wildman–Crippen LogP) is 2.68. The Bertz CT molecular complexity index is 431. The van der Waals surface area contributed by atoms with E-state index in [9.17, 15) is 4.79 Å². The van der Waals surface area contributed by atoms with Crippen LogP contribution in [0.5, 0.6) is 0 Å². The Kier molecular flexibility index (Phi) is 4.63. The largest absolute Gasteiger partial charge is 0.478 e. The van der Waals surface area contributed by atoms with Crippen molar-refractivity contribution in [2.75, 3.05) is 0 Å². The highest BCUT2D eigenvalue weighted by molar-refractivity contribution is 5.79. The average Bonchev–Trinajstić information content (AvgIpc) is 2.27. The van der Waals surface area contributed by atoms with Crippen LogP contribution < -0.4 is 0 Å². The van der Waals surface area contributed by atoms with E-state index in [2.05, 4.69) is 10.0 Å². The van der Waals surface area contributed by atoms with Gasteiger partial charge in [-0.25, -0.2) is 4.79 Å². The third kappa shape index (κ3) is 4.30. The number of hydrogen-bond donors (Lipinski definition) is 1. The Morgan fingerprint density at radius 3 is 2.56 bits per heavy atom. The van der Waals surface area contributed by atoms with E-state index in [0.717, 1.165) is 17.2 Å². The monoisotopic (exact) mass is 217 g/mol. The van der Waals surface area contributed by atoms with Crippen molar-refractivity contribution in [3.8, 4) is 0 Å². The number of hydrogen-bond acceptors (Lipinski definition) is 2. The summed E-state index contributed by atoms with van der Waals surface area (Å²) in [5.74, 6) is -0.944. The number of carboxylic acids is 1. The first-order valence-corrected chi connectivity index (χ1v) is 4.70. The number of carbonyl (C=O) groups is 1. The smallest absolute Gasteiger partial charge is 0.327 e. The summed E-state index contributed by atoms with van der Waals surface area (Å²) in [7, 11) is 0. The molecule has 5 heteroatoms. The van der Waals surface area contributed by atoms with Crippen molar-refractivity contribution < 1.29 is 9.90 Å². The summed E-state index contributed by atoms with van der Waals surface area (Å²) in [5.41, 5.74) is 10.1. The molecule has 0 fully saturated rings. The van der Waals surface area contributed by atoms with Gasteiger partial charge in [0.15, 0.2) is 0 Å². The van der Waals surface area contributed by atoms with Gasteiger partial charge in [0.1, 0.15) is 0 Å². The molecule has 1 N–H and O–H groups in total. The second kappa shape index (κ2) is 6.27. The zero-order valence-electron chi connectivity index (χ0n) is 8.58. The number of benzene rings is 1. The maximum absolute atomic E-state index is 10.2. The molecule has 0 radical (unpaired) electrons. The Morgan fingerprint density at radius 2 is 2.00 bits per heavy atom. The van der Waals surface area contributed by atoms with E-state index in [1.807, 2.05) is 24.3 Å². The molecular formula is C11H11N3O2. The van der Waals surface area contributed by atoms with E-state index in [1.165, 1.54) is 0 Å². The summed E-state index contributed by atoms with van der Waals surface area (Å²) >= 11 is 0. The molecule has 0 aromatic heterocycles. The lowest BCUT2D eigenvalue weighted by molar-refractivity contribution is -0.131. The molecule has 16 heavy (non-hydrogen) atoms. The first kappa shape index (κ1) is 11.8. The van der Waals surface area contributed by atoms with Crippen molar-refractivity contribution in [1.29, 1.82) is 0 Å². The maximum atomic E-state index is 10.2. The number of nitrogens with zero attached hydrogens (tertiary/aromatic N) is 3. The highest BCUT2D eigenvalue weighted by atomic mass is 16.4. The van der Waals surface area contributed by atoms with Crippen molar-refractivity contribution >= 4 is 5.97 Å². The zero-order valence-corrected chi connectivity index (χ0v) is 8.58. The van der Waals surface area contributed by atoms with E-state index in [0.29, 0.717) is 13.0 Å². The standard InChI is InChI=1S/C11H11N3O2/c12-14-13-8-10-6-4-9(5-7-10)2-1-3-11(15)16/h1,3-7H,2,8H2,(H,15,16). The van der Waals surface area contributed by atoms with Crippen molar-refractivity contribution in [2.45, 2.75) is 13.0 Å². The Balaban J connectivity index is 2.57. The van der Waals surface area contributed by atoms with Gasteiger partial charge in [0.2, 0.25) is 0 Å². The van der Waals surface area contributed by atoms with Gasteiger partial charge < -0.3 is 5.11 Å². The van der Waals surface area contributed by atoms with Crippen LogP contribution in [0.2, 0.25) is 0 Å². The molecule has 0 unspecified atom stereocenters. The molecule has 82 valence electrons. The molecule has 0 heterocycles. The SMILES string of the molecule is [N-]=[N+]=NCc1ccc(CC=CC(=O)O)cc1. The van der Waals surface area contributed by atoms with Crippen LogP contribution in [0, 0.1) is 0 Å². The molecule has 1 aromatic carbocycles. The van der Waals surface area contributed by atoms with Crippen LogP contribution in [0.25, 0.3) is 10.4 Å². The highest BCUT2D eigenvalue weighted by Gasteiger charge is 1.93. The first-order chi connectivity index (χ1) is 7.72. The summed E-state index contributed by atoms with van der Waals surface area (Å²) in [6.07, 6.45) is 3.28. The van der Waals surface area contributed by atoms with Crippen LogP contribution >= 0.6 is 0 Å². The number of carboxylic acid groups (broad SMARTS) is 1. The van der Waals surface area contributed by atoms with Crippen molar-refractivity contribution in [3.05, 3.63) is 58.0 Å². The van der Waals surface area contributed by atoms with E-state index >= 15 is 0 Å². The molecule has 0 spiro atoms. The third-order valence-corrected chi connectivity index (χ3v) is 1.95. The third-order valence-electron chi connectivity index (χ3n) is 1.95. The molecule has 0 bridgehead atoms. The highest BCUT2D eigenvalue weighted by Crippen LogP contribution is 2.06. The fraction of sp³-hybridized carbons (Fsp3) is 0.182. The van der Waals surface area contributed by atoms with E-state index in [-0.39, 0.29) is 0 Å². The van der Waals surface area contributed by atoms with Gasteiger partial charge in [-0.15, -0.1) is 0 Å². The molecular weight excluding hydrogens is 206 g/mol. The van der Waals surface area contributed by atoms with E-state index < -0.39 is 5.97 Å². The van der Waals surface area contributed by atoms with Crippen LogP contribution in [0.4, 0.5) is 0 Å². The minimum absolute atomic E-state index is 0.335. The summed E-state index contributed by atoms with van der Waals surface area (Å²) < 4.78 is 0. The summed E-state index contributed by atoms with van der Waals surface area (Å²) in [5, 5.41) is 11.8. The Labute approximate surface area is 92.7 Å². The minimum atomic E-state index is -0.944. The van der Waals surface area contributed by atoms with Gasteiger partial charge in [0.05, 0.1) is 6.54 Å². The molecule has 5 nitrogen and oxygen atoms in total. The number of allylic oxidation sites excluding steroid dienone is 1. The van der Waals surface area contributed by atoms with Gasteiger partial charge >= 0.3 is 5.97 Å². The van der Waals surface area contributed by atoms with Crippen molar-refractivity contribution in [1.82, 2.24) is 0 Å². The second-order valence-corrected chi connectivity index (χ2v) is 3.15. The topological polar surface area (TPSA) is 86.1 Å². The van der Waals surface area contributed by atoms with Gasteiger partial charge in [0, 0.05) is 11.0 Å². The lowest BCUT2D eigenvalue weighted by Crippen LogP contribution is -1.88. The second-order valence-electron chi connectivity index (χ2n) is 3.15. The molecule has 0 atom stereocenters. The van der Waals surface area contributed by atoms with Crippen LogP contribution in [-0.2, 0) is 17.8 Å². The fourth-order valence-corrected chi connectivity index (χ4v) is 1.19. The molecule has 0 aliphatic rings. The van der Waals surface area contributed by atoms with Crippen LogP contribution in [0.3, 0.4) is 0 Å². The molecule has 1 rings (SSSR count). The summed E-state index contributed by atoms with van der Waals surface area (Å²) in [6.45, 7) is 0.335. The lowest BCUT2D eigenvalue weighted by Gasteiger charge is -1.98. The molecule has 0 aliphatic carbocycles. The maximum Gasteiger partial charge on any atom is 0.327 e. The summed E-state index contributed by atoms with van der Waals surface area (Å²) in [4.78, 5) is 12.9. The molecule has 1 aromatic rings. The Morgan fingerprint density at radius 1 is 1.38 bits per heavy atom. The zero-order chi connectivity index (χ0) is 11.8. The average molecular weight is 217 g/mol. The van der Waals surface area contributed by atoms with Gasteiger partial charge in [0.25, 0.3) is 0 Å². The first-order valence-electron chi connectivity index (χ1n) is 4.70. The summed E-state index contributed by atoms with van der Waals surface area (Å²) in [6, 6.07) is 7.49. The van der Waals surface area contributed by atoms with Crippen molar-refractivity contribution in [3.63, 3.8) is 0 Å². The number of azide groups is 1. The molecule has 0 amide bonds. The van der Waals surface area contributed by atoms with E-state index in [4.69, 9.17) is 10.6 Å². The molecule has 0 saturated heterocycles. The number of rotatable bonds is 5. The quantitative estimate of drug-likeness (QED) is 0.355. The molecule has 0 saturated carbocycles. The molecule has 0 aliphatic heterocycles. The van der Waals surface area contributed by atoms with Gasteiger partial charge in [-0.1, -0.05) is 35.5 Å². The number of aliphatic carboxylic acids is 1. The fourth-order valence-electron chi connectivity index (χ4n) is 1.19. The van der Waals surface area contributed by atoms with Crippen LogP contribution in [0.15, 0.2) is 41.5 Å². The normalized spacial score (nSPS) is 10.0. The van der Waals surface area contributed by atoms with Crippen LogP contribution in [0.1, 0.15) is 11.1 Å². The van der Waals surface area contributed by atoms with Crippen LogP contribution in [-0.4, -0.2) is 11.1 Å². The van der Waals surface area contributed by atoms with Gasteiger partial charge in [-0.2, -0.15) is 0 Å². The van der Waals surface area contributed by atoms with Gasteiger partial charge in [-0.05, 0) is 23.1 Å². The predicted molar refractivity (Wildman–Crippen MR) is 59.8 cm³/mol. The van der Waals surface area contributed by atoms with E-state index in [1.54, 1.807) is 6.08 Å². The Hall–Kier alpha value is -2.26.